The van der Waals surface area contributed by atoms with Crippen molar-refractivity contribution in [2.45, 2.75) is 27.7 Å². The first-order valence-electron chi connectivity index (χ1n) is 26.3. The molecule has 0 bridgehead atoms. The van der Waals surface area contributed by atoms with Crippen molar-refractivity contribution in [1.29, 1.82) is 5.26 Å². The second kappa shape index (κ2) is 19.3. The maximum atomic E-state index is 10.9. The monoisotopic (exact) mass is 1030 g/mol. The molecule has 0 aliphatic rings. The van der Waals surface area contributed by atoms with Crippen molar-refractivity contribution >= 4 is 43.6 Å². The van der Waals surface area contributed by atoms with Crippen molar-refractivity contribution in [2.24, 2.45) is 0 Å². The van der Waals surface area contributed by atoms with Crippen LogP contribution in [-0.2, 0) is 0 Å². The highest BCUT2D eigenvalue weighted by molar-refractivity contribution is 6.12. The number of nitriles is 1. The number of fused-ring (bicyclic) bond motifs is 6. The molecule has 0 unspecified atom stereocenters. The van der Waals surface area contributed by atoms with Crippen LogP contribution in [0.5, 0.6) is 0 Å². The highest BCUT2D eigenvalue weighted by Gasteiger charge is 2.24. The molecule has 12 heteroatoms. The summed E-state index contributed by atoms with van der Waals surface area (Å²) in [6.07, 6.45) is 0. The van der Waals surface area contributed by atoms with Gasteiger partial charge in [-0.15, -0.1) is 0 Å². The molecule has 0 fully saturated rings. The molecular formula is C68H46N12. The first-order valence-corrected chi connectivity index (χ1v) is 26.3. The molecule has 0 N–H and O–H groups in total. The van der Waals surface area contributed by atoms with E-state index in [0.29, 0.717) is 58.0 Å². The van der Waals surface area contributed by atoms with Crippen LogP contribution in [0.2, 0.25) is 0 Å². The van der Waals surface area contributed by atoms with E-state index in [0.717, 1.165) is 105 Å². The van der Waals surface area contributed by atoms with Crippen LogP contribution in [-0.4, -0.2) is 54.0 Å². The first kappa shape index (κ1) is 47.5. The van der Waals surface area contributed by atoms with Gasteiger partial charge in [0.2, 0.25) is 0 Å². The zero-order valence-electron chi connectivity index (χ0n) is 44.0. The second-order valence-electron chi connectivity index (χ2n) is 19.8. The Morgan fingerprint density at radius 1 is 0.287 bits per heavy atom. The molecule has 0 atom stereocenters. The molecule has 0 radical (unpaired) electrons. The molecule has 14 aromatic rings. The molecule has 0 aliphatic carbocycles. The SMILES string of the molecule is Cc1nc(C)nc(-c2ccc3c(c2)c2ccccc2n3-c2ccc(-c3nc(-c4ccccc4)nc(-c4ccccc4)n3)cc2-c2ccc(-n3c4ccccc4c4cc(-c5nc(C)nc(C)n5)ccc43)c(-c3ccccc3C#N)c2)n1. The van der Waals surface area contributed by atoms with Gasteiger partial charge in [0.05, 0.1) is 45.1 Å². The summed E-state index contributed by atoms with van der Waals surface area (Å²) in [6.45, 7) is 7.57. The number of aromatic nitrogens is 11. The van der Waals surface area contributed by atoms with Crippen molar-refractivity contribution in [2.75, 3.05) is 0 Å². The second-order valence-corrected chi connectivity index (χ2v) is 19.8. The number of aryl methyl sites for hydroxylation is 4. The lowest BCUT2D eigenvalue weighted by atomic mass is 9.93. The Morgan fingerprint density at radius 2 is 0.662 bits per heavy atom. The molecule has 0 amide bonds. The van der Waals surface area contributed by atoms with Gasteiger partial charge in [0.1, 0.15) is 23.3 Å². The fraction of sp³-hybridized carbons (Fsp3) is 0.0588. The van der Waals surface area contributed by atoms with E-state index in [1.54, 1.807) is 0 Å². The van der Waals surface area contributed by atoms with Crippen molar-refractivity contribution < 1.29 is 0 Å². The number of hydrogen-bond donors (Lipinski definition) is 0. The highest BCUT2D eigenvalue weighted by atomic mass is 15.1. The van der Waals surface area contributed by atoms with Crippen molar-refractivity contribution in [3.05, 3.63) is 235 Å². The standard InChI is InChI=1S/C68H46N12/c1-40-70-41(2)73-66(72-40)48-29-33-62-56(37-48)52-23-13-15-25-58(52)79(62)60-32-28-47(68-77-64(44-17-7-5-8-18-44)76-65(78-68)45-19-9-6-10-20-45)36-54(60)46-27-31-61(55(35-46)51-22-12-11-21-50(51)39-69)80-59-26-16-14-24-53(59)57-38-49(30-34-63(57)80)67-74-42(3)71-43(4)75-67/h5-38H,1-4H3. The van der Waals surface area contributed by atoms with Crippen LogP contribution in [0.15, 0.2) is 206 Å². The lowest BCUT2D eigenvalue weighted by Gasteiger charge is -2.20. The van der Waals surface area contributed by atoms with Gasteiger partial charge in [0, 0.05) is 66.1 Å². The van der Waals surface area contributed by atoms with Crippen LogP contribution >= 0.6 is 0 Å². The Balaban J connectivity index is 1.04. The highest BCUT2D eigenvalue weighted by Crippen LogP contribution is 2.44. The topological polar surface area (TPSA) is 150 Å². The molecule has 9 aromatic carbocycles. The smallest absolute Gasteiger partial charge is 0.164 e. The third kappa shape index (κ3) is 8.29. The van der Waals surface area contributed by atoms with Crippen LogP contribution in [0.4, 0.5) is 0 Å². The number of hydrogen-bond acceptors (Lipinski definition) is 10. The van der Waals surface area contributed by atoms with Crippen LogP contribution in [0.3, 0.4) is 0 Å². The van der Waals surface area contributed by atoms with E-state index in [9.17, 15) is 5.26 Å². The predicted molar refractivity (Wildman–Crippen MR) is 317 cm³/mol. The van der Waals surface area contributed by atoms with Gasteiger partial charge in [-0.3, -0.25) is 0 Å². The minimum absolute atomic E-state index is 0.527. The molecule has 14 rings (SSSR count). The predicted octanol–water partition coefficient (Wildman–Crippen LogP) is 15.2. The zero-order valence-corrected chi connectivity index (χ0v) is 44.0. The van der Waals surface area contributed by atoms with Gasteiger partial charge in [-0.2, -0.15) is 5.26 Å². The molecule has 5 heterocycles. The average Bonchev–Trinajstić information content (AvgIpc) is 4.14. The minimum Gasteiger partial charge on any atom is -0.309 e. The van der Waals surface area contributed by atoms with Crippen molar-refractivity contribution in [3.8, 4) is 96.6 Å². The van der Waals surface area contributed by atoms with E-state index in [4.69, 9.17) is 34.9 Å². The molecule has 0 aliphatic heterocycles. The van der Waals surface area contributed by atoms with Gasteiger partial charge in [-0.1, -0.05) is 121 Å². The third-order valence-corrected chi connectivity index (χ3v) is 14.7. The van der Waals surface area contributed by atoms with E-state index < -0.39 is 0 Å². The van der Waals surface area contributed by atoms with Crippen LogP contribution in [0.1, 0.15) is 28.9 Å². The third-order valence-electron chi connectivity index (χ3n) is 14.7. The zero-order chi connectivity index (χ0) is 54.0. The molecular weight excluding hydrogens is 985 g/mol. The molecule has 0 saturated heterocycles. The van der Waals surface area contributed by atoms with Crippen LogP contribution in [0.25, 0.3) is 134 Å². The number of benzene rings is 9. The van der Waals surface area contributed by atoms with Gasteiger partial charge >= 0.3 is 0 Å². The summed E-state index contributed by atoms with van der Waals surface area (Å²) in [5.74, 6) is 5.59. The summed E-state index contributed by atoms with van der Waals surface area (Å²) in [5.41, 5.74) is 14.3. The lowest BCUT2D eigenvalue weighted by molar-refractivity contribution is 0.928. The Hall–Kier alpha value is -10.9. The van der Waals surface area contributed by atoms with Crippen molar-refractivity contribution in [3.63, 3.8) is 0 Å². The quantitative estimate of drug-likeness (QED) is 0.137. The maximum absolute atomic E-state index is 10.9. The summed E-state index contributed by atoms with van der Waals surface area (Å²) in [4.78, 5) is 43.3. The first-order chi connectivity index (χ1) is 39.2. The van der Waals surface area contributed by atoms with Crippen LogP contribution < -0.4 is 0 Å². The number of nitrogens with zero attached hydrogens (tertiary/aromatic N) is 12. The lowest BCUT2D eigenvalue weighted by Crippen LogP contribution is -2.03. The fourth-order valence-corrected chi connectivity index (χ4v) is 11.2. The van der Waals surface area contributed by atoms with E-state index >= 15 is 0 Å². The Morgan fingerprint density at radius 3 is 1.18 bits per heavy atom. The van der Waals surface area contributed by atoms with Gasteiger partial charge in [0.25, 0.3) is 0 Å². The molecule has 80 heavy (non-hydrogen) atoms. The summed E-state index contributed by atoms with van der Waals surface area (Å²) < 4.78 is 4.65. The van der Waals surface area contributed by atoms with Gasteiger partial charge < -0.3 is 9.13 Å². The molecule has 0 saturated carbocycles. The molecule has 5 aromatic heterocycles. The Bertz CT molecular complexity index is 4740. The van der Waals surface area contributed by atoms with Gasteiger partial charge in [-0.25, -0.2) is 44.9 Å². The fourth-order valence-electron chi connectivity index (χ4n) is 11.2. The number of para-hydroxylation sites is 2. The average molecular weight is 1030 g/mol. The molecule has 378 valence electrons. The summed E-state index contributed by atoms with van der Waals surface area (Å²) >= 11 is 0. The van der Waals surface area contributed by atoms with Gasteiger partial charge in [0.15, 0.2) is 29.1 Å². The van der Waals surface area contributed by atoms with E-state index in [2.05, 4.69) is 146 Å². The Kier molecular flexibility index (Phi) is 11.5. The van der Waals surface area contributed by atoms with E-state index in [-0.39, 0.29) is 0 Å². The summed E-state index contributed by atoms with van der Waals surface area (Å²) in [6, 6.07) is 73.3. The minimum atomic E-state index is 0.527. The van der Waals surface area contributed by atoms with E-state index in [1.807, 2.05) is 113 Å². The maximum Gasteiger partial charge on any atom is 0.164 e. The Labute approximate surface area is 460 Å². The molecule has 12 nitrogen and oxygen atoms in total. The largest absolute Gasteiger partial charge is 0.309 e. The van der Waals surface area contributed by atoms with Gasteiger partial charge in [-0.05, 0) is 118 Å². The normalized spacial score (nSPS) is 11.5. The van der Waals surface area contributed by atoms with Crippen molar-refractivity contribution in [1.82, 2.24) is 54.0 Å². The van der Waals surface area contributed by atoms with Crippen LogP contribution in [0, 0.1) is 39.0 Å². The summed E-state index contributed by atoms with van der Waals surface area (Å²) in [7, 11) is 0. The summed E-state index contributed by atoms with van der Waals surface area (Å²) in [5, 5.41) is 15.1. The number of rotatable bonds is 9. The molecule has 0 spiro atoms. The van der Waals surface area contributed by atoms with E-state index in [1.165, 1.54) is 0 Å².